The molecule has 9 N–H and O–H groups in total. The Hall–Kier alpha value is -3.97. The summed E-state index contributed by atoms with van der Waals surface area (Å²) in [4.78, 5) is 61.4. The van der Waals surface area contributed by atoms with Gasteiger partial charge in [0.1, 0.15) is 12.1 Å². The van der Waals surface area contributed by atoms with E-state index in [1.807, 2.05) is 18.2 Å². The zero-order valence-corrected chi connectivity index (χ0v) is 17.4. The zero-order chi connectivity index (χ0) is 24.5. The van der Waals surface area contributed by atoms with Gasteiger partial charge in [-0.3, -0.25) is 19.2 Å². The third kappa shape index (κ3) is 7.29. The summed E-state index contributed by atoms with van der Waals surface area (Å²) in [7, 11) is 0. The molecule has 178 valence electrons. The summed E-state index contributed by atoms with van der Waals surface area (Å²) in [6.07, 6.45) is 0.967. The number of hydrogen-bond donors (Lipinski definition) is 8. The van der Waals surface area contributed by atoms with Crippen LogP contribution in [0.1, 0.15) is 12.0 Å². The van der Waals surface area contributed by atoms with Gasteiger partial charge in [0.05, 0.1) is 25.6 Å². The number of aliphatic hydroxyl groups excluding tert-OH is 1. The fraction of sp³-hybridized carbons (Fsp3) is 0.350. The Morgan fingerprint density at radius 3 is 2.33 bits per heavy atom. The molecule has 3 amide bonds. The smallest absolute Gasteiger partial charge is 0.326 e. The molecule has 0 aliphatic rings. The van der Waals surface area contributed by atoms with E-state index in [9.17, 15) is 34.2 Å². The molecule has 1 aromatic heterocycles. The highest BCUT2D eigenvalue weighted by Gasteiger charge is 2.26. The third-order valence-corrected chi connectivity index (χ3v) is 4.70. The molecule has 13 nitrogen and oxygen atoms in total. The number of carboxylic acids is 2. The predicted molar refractivity (Wildman–Crippen MR) is 114 cm³/mol. The Morgan fingerprint density at radius 2 is 1.70 bits per heavy atom. The van der Waals surface area contributed by atoms with Crippen LogP contribution in [0.3, 0.4) is 0 Å². The first-order chi connectivity index (χ1) is 15.6. The molecule has 0 saturated heterocycles. The number of para-hydroxylation sites is 1. The van der Waals surface area contributed by atoms with Crippen molar-refractivity contribution in [2.24, 2.45) is 5.73 Å². The predicted octanol–water partition coefficient (Wildman–Crippen LogP) is -2.32. The maximum atomic E-state index is 12.2. The average Bonchev–Trinajstić information content (AvgIpc) is 3.17. The van der Waals surface area contributed by atoms with Crippen molar-refractivity contribution < 1.29 is 39.3 Å². The minimum absolute atomic E-state index is 0.00415. The SMILES string of the molecule is NC(CC(=O)O)C(=O)NC(CO)C(=O)NCC(=O)NC(Cc1c[nH]c2ccccc12)C(=O)O. The molecule has 3 atom stereocenters. The van der Waals surface area contributed by atoms with Crippen LogP contribution in [-0.4, -0.2) is 81.2 Å². The van der Waals surface area contributed by atoms with E-state index < -0.39 is 67.4 Å². The number of H-pyrrole nitrogens is 1. The summed E-state index contributed by atoms with van der Waals surface area (Å²) >= 11 is 0. The van der Waals surface area contributed by atoms with Gasteiger partial charge in [-0.25, -0.2) is 4.79 Å². The highest BCUT2D eigenvalue weighted by molar-refractivity contribution is 5.93. The van der Waals surface area contributed by atoms with E-state index in [1.165, 1.54) is 0 Å². The topological polar surface area (TPSA) is 224 Å². The molecule has 0 aliphatic carbocycles. The first-order valence-corrected chi connectivity index (χ1v) is 9.85. The number of rotatable bonds is 12. The van der Waals surface area contributed by atoms with Crippen LogP contribution in [0.4, 0.5) is 0 Å². The number of aliphatic hydroxyl groups is 1. The minimum Gasteiger partial charge on any atom is -0.481 e. The number of aromatic nitrogens is 1. The molecule has 2 aromatic rings. The fourth-order valence-electron chi connectivity index (χ4n) is 3.01. The lowest BCUT2D eigenvalue weighted by atomic mass is 10.0. The molecule has 3 unspecified atom stereocenters. The number of carbonyl (C=O) groups is 5. The summed E-state index contributed by atoms with van der Waals surface area (Å²) in [5, 5.41) is 34.8. The molecule has 0 aliphatic heterocycles. The molecule has 0 bridgehead atoms. The van der Waals surface area contributed by atoms with E-state index >= 15 is 0 Å². The largest absolute Gasteiger partial charge is 0.481 e. The van der Waals surface area contributed by atoms with Crippen molar-refractivity contribution in [2.75, 3.05) is 13.2 Å². The summed E-state index contributed by atoms with van der Waals surface area (Å²) in [6, 6.07) is 3.08. The van der Waals surface area contributed by atoms with Crippen LogP contribution in [0.15, 0.2) is 30.5 Å². The number of carbonyl (C=O) groups excluding carboxylic acids is 3. The normalized spacial score (nSPS) is 13.5. The molecule has 33 heavy (non-hydrogen) atoms. The van der Waals surface area contributed by atoms with Crippen LogP contribution in [-0.2, 0) is 30.4 Å². The molecule has 0 fully saturated rings. The summed E-state index contributed by atoms with van der Waals surface area (Å²) in [5.74, 6) is -5.30. The van der Waals surface area contributed by atoms with Crippen LogP contribution in [0.2, 0.25) is 0 Å². The van der Waals surface area contributed by atoms with Gasteiger partial charge >= 0.3 is 11.9 Å². The Balaban J connectivity index is 1.90. The first-order valence-electron chi connectivity index (χ1n) is 9.85. The molecule has 1 heterocycles. The first kappa shape index (κ1) is 25.3. The Kier molecular flexibility index (Phi) is 8.89. The molecule has 0 spiro atoms. The summed E-state index contributed by atoms with van der Waals surface area (Å²) in [5.41, 5.74) is 6.89. The molecule has 1 aromatic carbocycles. The zero-order valence-electron chi connectivity index (χ0n) is 17.4. The maximum absolute atomic E-state index is 12.2. The van der Waals surface area contributed by atoms with Crippen molar-refractivity contribution in [1.82, 2.24) is 20.9 Å². The highest BCUT2D eigenvalue weighted by atomic mass is 16.4. The molecule has 13 heteroatoms. The van der Waals surface area contributed by atoms with Gasteiger partial charge in [-0.15, -0.1) is 0 Å². The summed E-state index contributed by atoms with van der Waals surface area (Å²) in [6.45, 7) is -1.46. The van der Waals surface area contributed by atoms with Crippen molar-refractivity contribution in [2.45, 2.75) is 31.0 Å². The maximum Gasteiger partial charge on any atom is 0.326 e. The van der Waals surface area contributed by atoms with E-state index in [0.717, 1.165) is 10.9 Å². The van der Waals surface area contributed by atoms with Gasteiger partial charge in [-0.05, 0) is 11.6 Å². The number of amides is 3. The number of aromatic amines is 1. The second-order valence-electron chi connectivity index (χ2n) is 7.19. The lowest BCUT2D eigenvalue weighted by molar-refractivity contribution is -0.141. The van der Waals surface area contributed by atoms with Crippen molar-refractivity contribution >= 4 is 40.6 Å². The quantitative estimate of drug-likeness (QED) is 0.169. The van der Waals surface area contributed by atoms with Crippen molar-refractivity contribution in [1.29, 1.82) is 0 Å². The van der Waals surface area contributed by atoms with Crippen LogP contribution in [0, 0.1) is 0 Å². The third-order valence-electron chi connectivity index (χ3n) is 4.70. The van der Waals surface area contributed by atoms with Crippen LogP contribution >= 0.6 is 0 Å². The molecule has 0 saturated carbocycles. The van der Waals surface area contributed by atoms with Gasteiger partial charge in [0, 0.05) is 23.5 Å². The summed E-state index contributed by atoms with van der Waals surface area (Å²) < 4.78 is 0. The Bertz CT molecular complexity index is 1040. The van der Waals surface area contributed by atoms with E-state index in [1.54, 1.807) is 12.3 Å². The minimum atomic E-state index is -1.48. The van der Waals surface area contributed by atoms with Gasteiger partial charge in [-0.2, -0.15) is 0 Å². The number of hydrogen-bond acceptors (Lipinski definition) is 7. The number of aliphatic carboxylic acids is 2. The van der Waals surface area contributed by atoms with E-state index in [0.29, 0.717) is 5.56 Å². The van der Waals surface area contributed by atoms with E-state index in [-0.39, 0.29) is 6.42 Å². The Morgan fingerprint density at radius 1 is 1.00 bits per heavy atom. The highest BCUT2D eigenvalue weighted by Crippen LogP contribution is 2.19. The number of carboxylic acid groups (broad SMARTS) is 2. The molecule has 2 rings (SSSR count). The molecular formula is C20H25N5O8. The van der Waals surface area contributed by atoms with Crippen LogP contribution < -0.4 is 21.7 Å². The second kappa shape index (κ2) is 11.6. The van der Waals surface area contributed by atoms with Gasteiger partial charge in [0.25, 0.3) is 0 Å². The van der Waals surface area contributed by atoms with Gasteiger partial charge < -0.3 is 42.0 Å². The van der Waals surface area contributed by atoms with E-state index in [2.05, 4.69) is 20.9 Å². The van der Waals surface area contributed by atoms with Gasteiger partial charge in [0.15, 0.2) is 0 Å². The van der Waals surface area contributed by atoms with Crippen molar-refractivity contribution in [3.05, 3.63) is 36.0 Å². The molecule has 0 radical (unpaired) electrons. The van der Waals surface area contributed by atoms with Gasteiger partial charge in [-0.1, -0.05) is 18.2 Å². The second-order valence-corrected chi connectivity index (χ2v) is 7.19. The average molecular weight is 463 g/mol. The number of benzene rings is 1. The number of nitrogens with two attached hydrogens (primary N) is 1. The number of fused-ring (bicyclic) bond motifs is 1. The van der Waals surface area contributed by atoms with E-state index in [4.69, 9.17) is 10.8 Å². The van der Waals surface area contributed by atoms with Crippen molar-refractivity contribution in [3.63, 3.8) is 0 Å². The molecular weight excluding hydrogens is 438 g/mol. The van der Waals surface area contributed by atoms with Gasteiger partial charge in [0.2, 0.25) is 17.7 Å². The lowest BCUT2D eigenvalue weighted by Crippen LogP contribution is -2.55. The number of nitrogens with one attached hydrogen (secondary N) is 4. The lowest BCUT2D eigenvalue weighted by Gasteiger charge is -2.19. The Labute approximate surface area is 187 Å². The standard InChI is InChI=1S/C20H25N5O8/c21-12(6-17(28)29)18(30)25-15(9-26)19(31)23-8-16(27)24-14(20(32)33)5-10-7-22-13-4-2-1-3-11(10)13/h1-4,7,12,14-15,22,26H,5-6,8-9,21H2,(H,23,31)(H,24,27)(H,25,30)(H,28,29)(H,32,33). The van der Waals surface area contributed by atoms with Crippen molar-refractivity contribution in [3.8, 4) is 0 Å². The monoisotopic (exact) mass is 463 g/mol. The van der Waals surface area contributed by atoms with Crippen LogP contribution in [0.5, 0.6) is 0 Å². The fourth-order valence-corrected chi connectivity index (χ4v) is 3.01. The van der Waals surface area contributed by atoms with Crippen LogP contribution in [0.25, 0.3) is 10.9 Å².